The fourth-order valence-electron chi connectivity index (χ4n) is 3.23. The first kappa shape index (κ1) is 20.0. The summed E-state index contributed by atoms with van der Waals surface area (Å²) in [5.74, 6) is 0.0940. The number of anilines is 1. The van der Waals surface area contributed by atoms with Crippen molar-refractivity contribution < 1.29 is 14.3 Å². The molecule has 0 aliphatic carbocycles. The van der Waals surface area contributed by atoms with Crippen molar-refractivity contribution in [3.05, 3.63) is 58.6 Å². The monoisotopic (exact) mass is 401 g/mol. The van der Waals surface area contributed by atoms with Gasteiger partial charge in [0.05, 0.1) is 19.2 Å². The van der Waals surface area contributed by atoms with Gasteiger partial charge in [-0.2, -0.15) is 0 Å². The van der Waals surface area contributed by atoms with E-state index in [2.05, 4.69) is 10.2 Å². The lowest BCUT2D eigenvalue weighted by molar-refractivity contribution is -0.130. The highest BCUT2D eigenvalue weighted by Gasteiger charge is 2.22. The number of carbonyl (C=O) groups is 2. The summed E-state index contributed by atoms with van der Waals surface area (Å²) in [6.07, 6.45) is 0. The van der Waals surface area contributed by atoms with E-state index in [-0.39, 0.29) is 18.4 Å². The van der Waals surface area contributed by atoms with E-state index in [1.807, 2.05) is 37.3 Å². The average molecular weight is 402 g/mol. The first-order chi connectivity index (χ1) is 13.5. The normalized spacial score (nSPS) is 14.0. The van der Waals surface area contributed by atoms with Crippen LogP contribution in [0, 0.1) is 6.92 Å². The van der Waals surface area contributed by atoms with Crippen LogP contribution in [0.2, 0.25) is 5.02 Å². The van der Waals surface area contributed by atoms with Crippen LogP contribution in [0.5, 0.6) is 5.75 Å². The smallest absolute Gasteiger partial charge is 0.255 e. The number of halogens is 1. The third kappa shape index (κ3) is 4.75. The summed E-state index contributed by atoms with van der Waals surface area (Å²) in [5.41, 5.74) is 2.48. The van der Waals surface area contributed by atoms with Crippen LogP contribution in [0.15, 0.2) is 42.5 Å². The number of amides is 2. The molecule has 1 aliphatic rings. The maximum absolute atomic E-state index is 12.5. The summed E-state index contributed by atoms with van der Waals surface area (Å²) in [5, 5.41) is 3.42. The zero-order valence-corrected chi connectivity index (χ0v) is 16.8. The molecule has 148 valence electrons. The van der Waals surface area contributed by atoms with Crippen molar-refractivity contribution in [2.24, 2.45) is 0 Å². The van der Waals surface area contributed by atoms with Gasteiger partial charge in [0.25, 0.3) is 5.91 Å². The number of ether oxygens (including phenoxy) is 1. The Kier molecular flexibility index (Phi) is 6.41. The van der Waals surface area contributed by atoms with Crippen LogP contribution in [0.3, 0.4) is 0 Å². The minimum absolute atomic E-state index is 0.0309. The fraction of sp³-hybridized carbons (Fsp3) is 0.333. The number of carbonyl (C=O) groups excluding carboxylic acids is 2. The Hall–Kier alpha value is -2.73. The molecule has 0 aromatic heterocycles. The minimum atomic E-state index is -0.311. The summed E-state index contributed by atoms with van der Waals surface area (Å²) in [6.45, 7) is 4.59. The Bertz CT molecular complexity index is 846. The molecule has 0 unspecified atom stereocenters. The number of rotatable bonds is 5. The molecule has 1 heterocycles. The van der Waals surface area contributed by atoms with Crippen LogP contribution in [0.1, 0.15) is 15.9 Å². The predicted molar refractivity (Wildman–Crippen MR) is 110 cm³/mol. The summed E-state index contributed by atoms with van der Waals surface area (Å²) in [6, 6.07) is 13.1. The molecule has 0 atom stereocenters. The lowest BCUT2D eigenvalue weighted by Gasteiger charge is -2.36. The van der Waals surface area contributed by atoms with Gasteiger partial charge in [-0.1, -0.05) is 23.2 Å². The number of nitrogens with one attached hydrogen (secondary N) is 1. The van der Waals surface area contributed by atoms with Crippen LogP contribution in [0.4, 0.5) is 5.69 Å². The van der Waals surface area contributed by atoms with Gasteiger partial charge in [0, 0.05) is 36.9 Å². The van der Waals surface area contributed by atoms with Crippen LogP contribution in [0.25, 0.3) is 0 Å². The van der Waals surface area contributed by atoms with Gasteiger partial charge in [-0.05, 0) is 43.3 Å². The van der Waals surface area contributed by atoms with Gasteiger partial charge in [0.1, 0.15) is 5.75 Å². The van der Waals surface area contributed by atoms with Gasteiger partial charge in [-0.15, -0.1) is 0 Å². The standard InChI is InChI=1S/C21H24ClN3O3/c1-15-3-8-19(28-2)18(13-15)21(27)23-14-20(26)25-11-9-24(10-12-25)17-6-4-16(22)5-7-17/h3-8,13H,9-12,14H2,1-2H3,(H,23,27). The molecular formula is C21H24ClN3O3. The number of hydrogen-bond donors (Lipinski definition) is 1. The Morgan fingerprint density at radius 2 is 1.75 bits per heavy atom. The highest BCUT2D eigenvalue weighted by atomic mass is 35.5. The zero-order valence-electron chi connectivity index (χ0n) is 16.1. The Labute approximate surface area is 170 Å². The molecule has 2 amide bonds. The molecule has 7 heteroatoms. The summed E-state index contributed by atoms with van der Waals surface area (Å²) in [7, 11) is 1.52. The number of aryl methyl sites for hydroxylation is 1. The lowest BCUT2D eigenvalue weighted by atomic mass is 10.1. The van der Waals surface area contributed by atoms with Crippen LogP contribution >= 0.6 is 11.6 Å². The third-order valence-corrected chi connectivity index (χ3v) is 5.08. The third-order valence-electron chi connectivity index (χ3n) is 4.82. The topological polar surface area (TPSA) is 61.9 Å². The molecule has 1 fully saturated rings. The van der Waals surface area contributed by atoms with Gasteiger partial charge in [-0.25, -0.2) is 0 Å². The second kappa shape index (κ2) is 8.97. The van der Waals surface area contributed by atoms with E-state index < -0.39 is 0 Å². The molecule has 1 aliphatic heterocycles. The quantitative estimate of drug-likeness (QED) is 0.836. The molecular weight excluding hydrogens is 378 g/mol. The van der Waals surface area contributed by atoms with E-state index in [0.29, 0.717) is 29.4 Å². The average Bonchev–Trinajstić information content (AvgIpc) is 2.72. The fourth-order valence-corrected chi connectivity index (χ4v) is 3.35. The largest absolute Gasteiger partial charge is 0.496 e. The predicted octanol–water partition coefficient (Wildman–Crippen LogP) is 2.74. The number of methoxy groups -OCH3 is 1. The second-order valence-corrected chi connectivity index (χ2v) is 7.17. The molecule has 1 N–H and O–H groups in total. The van der Waals surface area contributed by atoms with E-state index in [9.17, 15) is 9.59 Å². The number of hydrogen-bond acceptors (Lipinski definition) is 4. The summed E-state index contributed by atoms with van der Waals surface area (Å²) >= 11 is 5.93. The van der Waals surface area contributed by atoms with E-state index in [1.165, 1.54) is 7.11 Å². The van der Waals surface area contributed by atoms with Crippen molar-refractivity contribution in [3.8, 4) is 5.75 Å². The van der Waals surface area contributed by atoms with Crippen LogP contribution in [-0.2, 0) is 4.79 Å². The summed E-state index contributed by atoms with van der Waals surface area (Å²) in [4.78, 5) is 28.9. The minimum Gasteiger partial charge on any atom is -0.496 e. The Morgan fingerprint density at radius 1 is 1.07 bits per heavy atom. The van der Waals surface area contributed by atoms with Crippen molar-refractivity contribution in [2.75, 3.05) is 44.7 Å². The molecule has 3 rings (SSSR count). The molecule has 2 aromatic rings. The van der Waals surface area contributed by atoms with E-state index in [1.54, 1.807) is 17.0 Å². The molecule has 28 heavy (non-hydrogen) atoms. The SMILES string of the molecule is COc1ccc(C)cc1C(=O)NCC(=O)N1CCN(c2ccc(Cl)cc2)CC1. The zero-order chi connectivity index (χ0) is 20.1. The van der Waals surface area contributed by atoms with E-state index in [0.717, 1.165) is 24.3 Å². The number of nitrogens with zero attached hydrogens (tertiary/aromatic N) is 2. The Morgan fingerprint density at radius 3 is 2.39 bits per heavy atom. The molecule has 0 saturated carbocycles. The maximum atomic E-state index is 12.5. The van der Waals surface area contributed by atoms with Gasteiger partial charge >= 0.3 is 0 Å². The van der Waals surface area contributed by atoms with Gasteiger partial charge in [0.15, 0.2) is 0 Å². The first-order valence-electron chi connectivity index (χ1n) is 9.19. The molecule has 1 saturated heterocycles. The number of piperazine rings is 1. The van der Waals surface area contributed by atoms with Gasteiger partial charge in [0.2, 0.25) is 5.91 Å². The van der Waals surface area contributed by atoms with Crippen molar-refractivity contribution >= 4 is 29.1 Å². The van der Waals surface area contributed by atoms with Crippen molar-refractivity contribution in [3.63, 3.8) is 0 Å². The first-order valence-corrected chi connectivity index (χ1v) is 9.57. The van der Waals surface area contributed by atoms with E-state index >= 15 is 0 Å². The molecule has 0 spiro atoms. The molecule has 6 nitrogen and oxygen atoms in total. The highest BCUT2D eigenvalue weighted by molar-refractivity contribution is 6.30. The van der Waals surface area contributed by atoms with Crippen LogP contribution < -0.4 is 15.0 Å². The van der Waals surface area contributed by atoms with Gasteiger partial charge in [-0.3, -0.25) is 9.59 Å². The maximum Gasteiger partial charge on any atom is 0.255 e. The highest BCUT2D eigenvalue weighted by Crippen LogP contribution is 2.20. The van der Waals surface area contributed by atoms with E-state index in [4.69, 9.17) is 16.3 Å². The molecule has 0 bridgehead atoms. The summed E-state index contributed by atoms with van der Waals surface area (Å²) < 4.78 is 5.24. The second-order valence-electron chi connectivity index (χ2n) is 6.73. The van der Waals surface area contributed by atoms with Crippen molar-refractivity contribution in [1.82, 2.24) is 10.2 Å². The Balaban J connectivity index is 1.51. The molecule has 0 radical (unpaired) electrons. The number of benzene rings is 2. The van der Waals surface area contributed by atoms with Crippen molar-refractivity contribution in [1.29, 1.82) is 0 Å². The van der Waals surface area contributed by atoms with Gasteiger partial charge < -0.3 is 19.9 Å². The van der Waals surface area contributed by atoms with Crippen LogP contribution in [-0.4, -0.2) is 56.5 Å². The lowest BCUT2D eigenvalue weighted by Crippen LogP contribution is -2.51. The van der Waals surface area contributed by atoms with Crippen molar-refractivity contribution in [2.45, 2.75) is 6.92 Å². The molecule has 2 aromatic carbocycles.